The molecule has 2 N–H and O–H groups in total. The van der Waals surface area contributed by atoms with E-state index in [0.29, 0.717) is 11.5 Å². The Balaban J connectivity index is 2.21. The lowest BCUT2D eigenvalue weighted by molar-refractivity contribution is -0.118. The van der Waals surface area contributed by atoms with Crippen LogP contribution in [-0.4, -0.2) is 24.2 Å². The molecule has 1 amide bonds. The van der Waals surface area contributed by atoms with Crippen LogP contribution in [0.25, 0.3) is 6.08 Å². The van der Waals surface area contributed by atoms with Crippen molar-refractivity contribution in [3.63, 3.8) is 0 Å². The van der Waals surface area contributed by atoms with Crippen LogP contribution in [0.3, 0.4) is 0 Å². The molecule has 0 radical (unpaired) electrons. The maximum atomic E-state index is 12.4. The second-order valence-electron chi connectivity index (χ2n) is 6.07. The molecule has 2 unspecified atom stereocenters. The highest BCUT2D eigenvalue weighted by Gasteiger charge is 2.24. The van der Waals surface area contributed by atoms with Gasteiger partial charge in [-0.2, -0.15) is 5.26 Å². The molecule has 1 aromatic rings. The lowest BCUT2D eigenvalue weighted by Crippen LogP contribution is -2.41. The van der Waals surface area contributed by atoms with Crippen molar-refractivity contribution in [3.05, 3.63) is 28.3 Å². The molecule has 5 nitrogen and oxygen atoms in total. The fourth-order valence-electron chi connectivity index (χ4n) is 2.92. The number of nitrogens with zero attached hydrogens (tertiary/aromatic N) is 1. The lowest BCUT2D eigenvalue weighted by Gasteiger charge is -2.29. The Kier molecular flexibility index (Phi) is 6.10. The third-order valence-corrected chi connectivity index (χ3v) is 4.66. The molecule has 0 aliphatic heterocycles. The number of amides is 1. The summed E-state index contributed by atoms with van der Waals surface area (Å²) in [6.07, 6.45) is 5.73. The summed E-state index contributed by atoms with van der Waals surface area (Å²) in [5.74, 6) is 0.0351. The molecular formula is C18H21ClN2O3. The summed E-state index contributed by atoms with van der Waals surface area (Å²) >= 11 is 5.94. The first-order chi connectivity index (χ1) is 11.5. The van der Waals surface area contributed by atoms with Crippen molar-refractivity contribution in [2.75, 3.05) is 7.11 Å². The zero-order valence-electron chi connectivity index (χ0n) is 13.8. The number of nitrogens with one attached hydrogen (secondary N) is 1. The van der Waals surface area contributed by atoms with Gasteiger partial charge in [0.15, 0.2) is 11.5 Å². The molecule has 1 aliphatic carbocycles. The molecule has 128 valence electrons. The topological polar surface area (TPSA) is 82.3 Å². The summed E-state index contributed by atoms with van der Waals surface area (Å²) in [6, 6.07) is 5.03. The van der Waals surface area contributed by atoms with E-state index in [0.717, 1.165) is 19.3 Å². The maximum Gasteiger partial charge on any atom is 0.262 e. The van der Waals surface area contributed by atoms with Gasteiger partial charge >= 0.3 is 0 Å². The van der Waals surface area contributed by atoms with Crippen molar-refractivity contribution < 1.29 is 14.6 Å². The number of ether oxygens (including phenoxy) is 1. The van der Waals surface area contributed by atoms with Crippen molar-refractivity contribution in [2.45, 2.75) is 38.6 Å². The number of phenols is 1. The van der Waals surface area contributed by atoms with Crippen molar-refractivity contribution in [1.82, 2.24) is 5.32 Å². The third kappa shape index (κ3) is 4.21. The van der Waals surface area contributed by atoms with Gasteiger partial charge in [-0.25, -0.2) is 0 Å². The van der Waals surface area contributed by atoms with Crippen LogP contribution in [0.15, 0.2) is 17.7 Å². The number of hydrogen-bond donors (Lipinski definition) is 2. The van der Waals surface area contributed by atoms with Crippen LogP contribution < -0.4 is 10.1 Å². The minimum Gasteiger partial charge on any atom is -0.503 e. The van der Waals surface area contributed by atoms with E-state index in [1.54, 1.807) is 0 Å². The summed E-state index contributed by atoms with van der Waals surface area (Å²) in [5.41, 5.74) is 0.509. The van der Waals surface area contributed by atoms with E-state index < -0.39 is 0 Å². The van der Waals surface area contributed by atoms with Crippen LogP contribution in [0.5, 0.6) is 11.5 Å². The molecule has 24 heavy (non-hydrogen) atoms. The van der Waals surface area contributed by atoms with E-state index in [1.165, 1.54) is 31.7 Å². The van der Waals surface area contributed by atoms with Gasteiger partial charge in [0.1, 0.15) is 11.6 Å². The standard InChI is InChI=1S/C18H21ClN2O3/c1-11-5-3-4-6-15(11)21-18(23)13(10-20)7-12-8-14(19)17(22)16(9-12)24-2/h7-9,11,15,22H,3-6H2,1-2H3,(H,21,23)/b13-7+. The second kappa shape index (κ2) is 8.07. The van der Waals surface area contributed by atoms with Gasteiger partial charge in [-0.15, -0.1) is 0 Å². The predicted octanol–water partition coefficient (Wildman–Crippen LogP) is 3.66. The Bertz CT molecular complexity index is 694. The van der Waals surface area contributed by atoms with Gasteiger partial charge in [-0.05, 0) is 42.5 Å². The van der Waals surface area contributed by atoms with Gasteiger partial charge in [0.2, 0.25) is 0 Å². The Labute approximate surface area is 146 Å². The molecule has 6 heteroatoms. The van der Waals surface area contributed by atoms with Crippen LogP contribution in [0.1, 0.15) is 38.2 Å². The van der Waals surface area contributed by atoms with Gasteiger partial charge in [0.25, 0.3) is 5.91 Å². The number of halogens is 1. The molecule has 2 rings (SSSR count). The summed E-state index contributed by atoms with van der Waals surface area (Å²) in [4.78, 5) is 12.4. The number of phenolic OH excluding ortho intramolecular Hbond substituents is 1. The summed E-state index contributed by atoms with van der Waals surface area (Å²) in [5, 5.41) is 22.1. The number of carbonyl (C=O) groups is 1. The van der Waals surface area contributed by atoms with E-state index in [-0.39, 0.29) is 34.0 Å². The van der Waals surface area contributed by atoms with E-state index in [9.17, 15) is 15.2 Å². The summed E-state index contributed by atoms with van der Waals surface area (Å²) in [7, 11) is 1.40. The third-order valence-electron chi connectivity index (χ3n) is 4.37. The number of aromatic hydroxyl groups is 1. The van der Waals surface area contributed by atoms with E-state index in [2.05, 4.69) is 12.2 Å². The molecule has 1 aliphatic rings. The number of nitriles is 1. The van der Waals surface area contributed by atoms with Crippen molar-refractivity contribution in [2.24, 2.45) is 5.92 Å². The maximum absolute atomic E-state index is 12.4. The monoisotopic (exact) mass is 348 g/mol. The number of carbonyl (C=O) groups excluding carboxylic acids is 1. The first kappa shape index (κ1) is 18.2. The highest BCUT2D eigenvalue weighted by atomic mass is 35.5. The SMILES string of the molecule is COc1cc(/C=C(\C#N)C(=O)NC2CCCCC2C)cc(Cl)c1O. The van der Waals surface area contributed by atoms with Gasteiger partial charge in [-0.1, -0.05) is 31.4 Å². The van der Waals surface area contributed by atoms with Gasteiger partial charge < -0.3 is 15.2 Å². The van der Waals surface area contributed by atoms with E-state index in [1.807, 2.05) is 6.07 Å². The van der Waals surface area contributed by atoms with Gasteiger partial charge in [-0.3, -0.25) is 4.79 Å². The van der Waals surface area contributed by atoms with Crippen LogP contribution in [0, 0.1) is 17.2 Å². The Morgan fingerprint density at radius 3 is 2.79 bits per heavy atom. The molecule has 2 atom stereocenters. The zero-order valence-corrected chi connectivity index (χ0v) is 14.6. The minimum atomic E-state index is -0.389. The normalized spacial score (nSPS) is 21.0. The molecule has 0 heterocycles. The van der Waals surface area contributed by atoms with Crippen LogP contribution in [-0.2, 0) is 4.79 Å². The van der Waals surface area contributed by atoms with Crippen molar-refractivity contribution >= 4 is 23.6 Å². The Hall–Kier alpha value is -2.19. The Morgan fingerprint density at radius 1 is 1.46 bits per heavy atom. The van der Waals surface area contributed by atoms with Gasteiger partial charge in [0.05, 0.1) is 12.1 Å². The molecule has 0 aromatic heterocycles. The van der Waals surface area contributed by atoms with Crippen molar-refractivity contribution in [3.8, 4) is 17.6 Å². The quantitative estimate of drug-likeness (QED) is 0.642. The van der Waals surface area contributed by atoms with Crippen LogP contribution in [0.4, 0.5) is 0 Å². The number of hydrogen-bond acceptors (Lipinski definition) is 4. The first-order valence-electron chi connectivity index (χ1n) is 7.95. The zero-order chi connectivity index (χ0) is 17.7. The molecule has 0 spiro atoms. The number of methoxy groups -OCH3 is 1. The minimum absolute atomic E-state index is 0.00316. The number of benzene rings is 1. The fourth-order valence-corrected chi connectivity index (χ4v) is 3.14. The smallest absolute Gasteiger partial charge is 0.262 e. The lowest BCUT2D eigenvalue weighted by atomic mass is 9.86. The molecule has 0 saturated heterocycles. The van der Waals surface area contributed by atoms with Crippen LogP contribution in [0.2, 0.25) is 5.02 Å². The second-order valence-corrected chi connectivity index (χ2v) is 6.47. The van der Waals surface area contributed by atoms with E-state index >= 15 is 0 Å². The molecule has 1 saturated carbocycles. The molecule has 0 bridgehead atoms. The fraction of sp³-hybridized carbons (Fsp3) is 0.444. The summed E-state index contributed by atoms with van der Waals surface area (Å²) < 4.78 is 5.03. The summed E-state index contributed by atoms with van der Waals surface area (Å²) in [6.45, 7) is 2.12. The highest BCUT2D eigenvalue weighted by Crippen LogP contribution is 2.35. The first-order valence-corrected chi connectivity index (χ1v) is 8.33. The number of rotatable bonds is 4. The molecular weight excluding hydrogens is 328 g/mol. The van der Waals surface area contributed by atoms with Crippen molar-refractivity contribution in [1.29, 1.82) is 5.26 Å². The average molecular weight is 349 g/mol. The van der Waals surface area contributed by atoms with E-state index in [4.69, 9.17) is 16.3 Å². The van der Waals surface area contributed by atoms with Crippen LogP contribution >= 0.6 is 11.6 Å². The highest BCUT2D eigenvalue weighted by molar-refractivity contribution is 6.32. The predicted molar refractivity (Wildman–Crippen MR) is 92.8 cm³/mol. The molecule has 1 aromatic carbocycles. The largest absolute Gasteiger partial charge is 0.503 e. The van der Waals surface area contributed by atoms with Gasteiger partial charge in [0, 0.05) is 6.04 Å². The average Bonchev–Trinajstić information content (AvgIpc) is 2.57. The molecule has 1 fully saturated rings. The Morgan fingerprint density at radius 2 is 2.17 bits per heavy atom.